The molecule has 0 saturated heterocycles. The molecule has 0 aliphatic rings. The van der Waals surface area contributed by atoms with Gasteiger partial charge >= 0.3 is 0 Å². The van der Waals surface area contributed by atoms with Crippen molar-refractivity contribution in [2.45, 2.75) is 13.5 Å². The van der Waals surface area contributed by atoms with Gasteiger partial charge in [-0.3, -0.25) is 10.1 Å². The fourth-order valence-corrected chi connectivity index (χ4v) is 1.61. The second kappa shape index (κ2) is 5.57. The average Bonchev–Trinajstić information content (AvgIpc) is 2.77. The first-order valence-electron chi connectivity index (χ1n) is 5.64. The van der Waals surface area contributed by atoms with Crippen LogP contribution < -0.4 is 11.1 Å². The lowest BCUT2D eigenvalue weighted by atomic mass is 10.1. The summed E-state index contributed by atoms with van der Waals surface area (Å²) in [7, 11) is 0. The third-order valence-corrected chi connectivity index (χ3v) is 2.47. The van der Waals surface area contributed by atoms with E-state index in [0.717, 1.165) is 5.56 Å². The summed E-state index contributed by atoms with van der Waals surface area (Å²) >= 11 is 0. The van der Waals surface area contributed by atoms with Crippen LogP contribution in [0, 0.1) is 12.7 Å². The zero-order valence-corrected chi connectivity index (χ0v) is 10.3. The number of halogens is 1. The Balaban J connectivity index is 2.10. The number of benzene rings is 1. The lowest BCUT2D eigenvalue weighted by Gasteiger charge is -1.99. The molecule has 6 nitrogen and oxygen atoms in total. The van der Waals surface area contributed by atoms with Gasteiger partial charge in [0.05, 0.1) is 13.1 Å². The Hall–Kier alpha value is -2.28. The van der Waals surface area contributed by atoms with Crippen LogP contribution >= 0.6 is 0 Å². The van der Waals surface area contributed by atoms with Crippen LogP contribution in [0.15, 0.2) is 22.7 Å². The molecule has 3 N–H and O–H groups in total. The highest BCUT2D eigenvalue weighted by Gasteiger charge is 2.11. The number of aryl methyl sites for hydroxylation is 1. The minimum Gasteiger partial charge on any atom is -0.369 e. The van der Waals surface area contributed by atoms with Gasteiger partial charge in [0.25, 0.3) is 0 Å². The van der Waals surface area contributed by atoms with Crippen LogP contribution in [-0.4, -0.2) is 22.6 Å². The fraction of sp³-hybridized carbons (Fsp3) is 0.250. The van der Waals surface area contributed by atoms with Gasteiger partial charge in [-0.25, -0.2) is 4.39 Å². The van der Waals surface area contributed by atoms with Crippen LogP contribution in [0.4, 0.5) is 4.39 Å². The van der Waals surface area contributed by atoms with Crippen LogP contribution in [0.25, 0.3) is 11.4 Å². The molecule has 0 spiro atoms. The molecule has 0 fully saturated rings. The van der Waals surface area contributed by atoms with Crippen molar-refractivity contribution in [3.63, 3.8) is 0 Å². The smallest absolute Gasteiger partial charge is 0.240 e. The predicted octanol–water partition coefficient (Wildman–Crippen LogP) is 0.759. The van der Waals surface area contributed by atoms with Gasteiger partial charge in [0.1, 0.15) is 5.82 Å². The molecule has 1 amide bonds. The monoisotopic (exact) mass is 264 g/mol. The molecule has 2 aromatic rings. The average molecular weight is 264 g/mol. The second-order valence-electron chi connectivity index (χ2n) is 4.04. The van der Waals surface area contributed by atoms with Crippen molar-refractivity contribution in [1.29, 1.82) is 0 Å². The summed E-state index contributed by atoms with van der Waals surface area (Å²) in [5, 5.41) is 6.57. The number of carbonyl (C=O) groups is 1. The van der Waals surface area contributed by atoms with E-state index in [2.05, 4.69) is 15.5 Å². The fourth-order valence-electron chi connectivity index (χ4n) is 1.61. The predicted molar refractivity (Wildman–Crippen MR) is 65.3 cm³/mol. The van der Waals surface area contributed by atoms with E-state index in [4.69, 9.17) is 10.3 Å². The van der Waals surface area contributed by atoms with Gasteiger partial charge in [-0.15, -0.1) is 0 Å². The van der Waals surface area contributed by atoms with E-state index >= 15 is 0 Å². The van der Waals surface area contributed by atoms with Crippen molar-refractivity contribution in [2.24, 2.45) is 5.73 Å². The van der Waals surface area contributed by atoms with E-state index in [1.807, 2.05) is 0 Å². The third kappa shape index (κ3) is 3.35. The highest BCUT2D eigenvalue weighted by molar-refractivity contribution is 5.75. The number of nitrogens with two attached hydrogens (primary N) is 1. The lowest BCUT2D eigenvalue weighted by molar-refractivity contribution is -0.117. The normalized spacial score (nSPS) is 10.6. The molecule has 7 heteroatoms. The Morgan fingerprint density at radius 3 is 3.00 bits per heavy atom. The number of nitrogens with one attached hydrogen (secondary N) is 1. The number of hydrogen-bond acceptors (Lipinski definition) is 5. The van der Waals surface area contributed by atoms with E-state index in [0.29, 0.717) is 17.3 Å². The number of aromatic nitrogens is 2. The Labute approximate surface area is 108 Å². The minimum atomic E-state index is -0.464. The Kier molecular flexibility index (Phi) is 3.86. The van der Waals surface area contributed by atoms with Gasteiger partial charge < -0.3 is 10.3 Å². The Morgan fingerprint density at radius 2 is 2.32 bits per heavy atom. The van der Waals surface area contributed by atoms with Gasteiger partial charge in [-0.05, 0) is 30.7 Å². The molecule has 1 aromatic carbocycles. The van der Waals surface area contributed by atoms with Crippen molar-refractivity contribution in [2.75, 3.05) is 6.54 Å². The Morgan fingerprint density at radius 1 is 1.53 bits per heavy atom. The van der Waals surface area contributed by atoms with Crippen molar-refractivity contribution in [3.8, 4) is 11.4 Å². The summed E-state index contributed by atoms with van der Waals surface area (Å²) in [5.41, 5.74) is 6.40. The molecule has 2 rings (SSSR count). The van der Waals surface area contributed by atoms with Crippen LogP contribution in [-0.2, 0) is 11.3 Å². The van der Waals surface area contributed by atoms with E-state index in [-0.39, 0.29) is 18.9 Å². The van der Waals surface area contributed by atoms with E-state index in [1.165, 1.54) is 12.1 Å². The van der Waals surface area contributed by atoms with Crippen LogP contribution in [0.2, 0.25) is 0 Å². The number of rotatable bonds is 5. The zero-order chi connectivity index (χ0) is 13.8. The third-order valence-electron chi connectivity index (χ3n) is 2.47. The van der Waals surface area contributed by atoms with Crippen molar-refractivity contribution < 1.29 is 13.7 Å². The first-order chi connectivity index (χ1) is 9.06. The highest BCUT2D eigenvalue weighted by Crippen LogP contribution is 2.21. The van der Waals surface area contributed by atoms with E-state index < -0.39 is 5.91 Å². The molecule has 1 heterocycles. The molecule has 0 bridgehead atoms. The van der Waals surface area contributed by atoms with Gasteiger partial charge in [0.15, 0.2) is 0 Å². The zero-order valence-electron chi connectivity index (χ0n) is 10.3. The second-order valence-corrected chi connectivity index (χ2v) is 4.04. The summed E-state index contributed by atoms with van der Waals surface area (Å²) in [6, 6.07) is 4.33. The standard InChI is InChI=1S/C12H13FN4O2/c1-7-4-8(13)2-3-9(7)12-16-11(19-17-12)6-15-5-10(14)18/h2-4,15H,5-6H2,1H3,(H2,14,18). The molecule has 100 valence electrons. The summed E-state index contributed by atoms with van der Waals surface area (Å²) in [5.74, 6) is -0.0597. The highest BCUT2D eigenvalue weighted by atomic mass is 19.1. The van der Waals surface area contributed by atoms with Crippen molar-refractivity contribution in [1.82, 2.24) is 15.5 Å². The number of carbonyl (C=O) groups excluding carboxylic acids is 1. The number of nitrogens with zero attached hydrogens (tertiary/aromatic N) is 2. The molecule has 0 radical (unpaired) electrons. The topological polar surface area (TPSA) is 94.0 Å². The first kappa shape index (κ1) is 13.2. The number of amides is 1. The Bertz CT molecular complexity index is 597. The molecule has 0 atom stereocenters. The summed E-state index contributed by atoms with van der Waals surface area (Å²) in [6.45, 7) is 2.04. The van der Waals surface area contributed by atoms with Crippen LogP contribution in [0.5, 0.6) is 0 Å². The van der Waals surface area contributed by atoms with E-state index in [9.17, 15) is 9.18 Å². The maximum Gasteiger partial charge on any atom is 0.240 e. The SMILES string of the molecule is Cc1cc(F)ccc1-c1noc(CNCC(N)=O)n1. The molecule has 0 aliphatic carbocycles. The number of primary amides is 1. The van der Waals surface area contributed by atoms with Crippen molar-refractivity contribution in [3.05, 3.63) is 35.5 Å². The van der Waals surface area contributed by atoms with Gasteiger partial charge in [-0.2, -0.15) is 4.98 Å². The molecule has 19 heavy (non-hydrogen) atoms. The maximum absolute atomic E-state index is 13.0. The maximum atomic E-state index is 13.0. The summed E-state index contributed by atoms with van der Waals surface area (Å²) in [6.07, 6.45) is 0. The first-order valence-corrected chi connectivity index (χ1v) is 5.64. The minimum absolute atomic E-state index is 0.0350. The van der Waals surface area contributed by atoms with E-state index in [1.54, 1.807) is 13.0 Å². The van der Waals surface area contributed by atoms with Gasteiger partial charge in [0, 0.05) is 5.56 Å². The van der Waals surface area contributed by atoms with Gasteiger partial charge in [0.2, 0.25) is 17.6 Å². The quantitative estimate of drug-likeness (QED) is 0.831. The largest absolute Gasteiger partial charge is 0.369 e. The van der Waals surface area contributed by atoms with Crippen LogP contribution in [0.3, 0.4) is 0 Å². The molecular formula is C12H13FN4O2. The van der Waals surface area contributed by atoms with Gasteiger partial charge in [-0.1, -0.05) is 5.16 Å². The summed E-state index contributed by atoms with van der Waals surface area (Å²) < 4.78 is 18.0. The molecule has 0 saturated carbocycles. The molecule has 1 aromatic heterocycles. The van der Waals surface area contributed by atoms with Crippen LogP contribution in [0.1, 0.15) is 11.5 Å². The molecule has 0 aliphatic heterocycles. The lowest BCUT2D eigenvalue weighted by Crippen LogP contribution is -2.28. The number of hydrogen-bond donors (Lipinski definition) is 2. The molecule has 0 unspecified atom stereocenters. The van der Waals surface area contributed by atoms with Crippen molar-refractivity contribution >= 4 is 5.91 Å². The summed E-state index contributed by atoms with van der Waals surface area (Å²) in [4.78, 5) is 14.7. The molecular weight excluding hydrogens is 251 g/mol.